The Kier molecular flexibility index (Phi) is 3.60. The van der Waals surface area contributed by atoms with Crippen LogP contribution in [0.4, 0.5) is 0 Å². The lowest BCUT2D eigenvalue weighted by Crippen LogP contribution is -2.32. The van der Waals surface area contributed by atoms with Crippen LogP contribution in [0.5, 0.6) is 0 Å². The maximum Gasteiger partial charge on any atom is 0.0127 e. The van der Waals surface area contributed by atoms with Gasteiger partial charge < -0.3 is 5.32 Å². The molecule has 1 nitrogen and oxygen atoms in total. The van der Waals surface area contributed by atoms with Crippen molar-refractivity contribution in [3.8, 4) is 0 Å². The van der Waals surface area contributed by atoms with Crippen LogP contribution in [-0.2, 0) is 0 Å². The molecule has 0 aromatic heterocycles. The number of hydrogen-bond donors (Lipinski definition) is 1. The highest BCUT2D eigenvalue weighted by molar-refractivity contribution is 5.02. The SMILES string of the molecule is CC(C)(C)C1CCCC(NC2CC2(C)C)CC1. The number of hydrogen-bond acceptors (Lipinski definition) is 1. The highest BCUT2D eigenvalue weighted by atomic mass is 15.0. The average Bonchev–Trinajstić information content (AvgIpc) is 2.83. The highest BCUT2D eigenvalue weighted by Gasteiger charge is 2.46. The van der Waals surface area contributed by atoms with Crippen molar-refractivity contribution in [2.24, 2.45) is 16.7 Å². The van der Waals surface area contributed by atoms with Gasteiger partial charge in [0.1, 0.15) is 0 Å². The molecule has 0 radical (unpaired) electrons. The summed E-state index contributed by atoms with van der Waals surface area (Å²) >= 11 is 0. The Morgan fingerprint density at radius 1 is 1.00 bits per heavy atom. The fraction of sp³-hybridized carbons (Fsp3) is 1.00. The lowest BCUT2D eigenvalue weighted by Gasteiger charge is -2.29. The van der Waals surface area contributed by atoms with Crippen molar-refractivity contribution in [3.63, 3.8) is 0 Å². The molecular formula is C16H31N. The molecule has 2 saturated carbocycles. The molecule has 2 aliphatic rings. The first-order chi connectivity index (χ1) is 7.79. The van der Waals surface area contributed by atoms with E-state index in [-0.39, 0.29) is 0 Å². The molecule has 1 N–H and O–H groups in total. The zero-order valence-corrected chi connectivity index (χ0v) is 12.5. The van der Waals surface area contributed by atoms with Gasteiger partial charge in [0.25, 0.3) is 0 Å². The summed E-state index contributed by atoms with van der Waals surface area (Å²) < 4.78 is 0. The van der Waals surface area contributed by atoms with E-state index in [1.165, 1.54) is 38.5 Å². The van der Waals surface area contributed by atoms with Crippen LogP contribution in [0.3, 0.4) is 0 Å². The Morgan fingerprint density at radius 3 is 2.18 bits per heavy atom. The van der Waals surface area contributed by atoms with E-state index in [1.807, 2.05) is 0 Å². The van der Waals surface area contributed by atoms with Gasteiger partial charge in [-0.2, -0.15) is 0 Å². The zero-order valence-electron chi connectivity index (χ0n) is 12.5. The second-order valence-electron chi connectivity index (χ2n) is 8.18. The van der Waals surface area contributed by atoms with Crippen LogP contribution in [0.1, 0.15) is 73.1 Å². The lowest BCUT2D eigenvalue weighted by molar-refractivity contribution is 0.213. The molecule has 100 valence electrons. The second-order valence-corrected chi connectivity index (χ2v) is 8.18. The van der Waals surface area contributed by atoms with Gasteiger partial charge in [-0.25, -0.2) is 0 Å². The smallest absolute Gasteiger partial charge is 0.0127 e. The summed E-state index contributed by atoms with van der Waals surface area (Å²) in [5, 5.41) is 3.90. The summed E-state index contributed by atoms with van der Waals surface area (Å²) in [4.78, 5) is 0. The molecule has 3 atom stereocenters. The summed E-state index contributed by atoms with van der Waals surface area (Å²) in [6.07, 6.45) is 8.47. The molecule has 3 unspecified atom stereocenters. The van der Waals surface area contributed by atoms with E-state index in [2.05, 4.69) is 39.9 Å². The molecule has 0 aromatic rings. The first-order valence-electron chi connectivity index (χ1n) is 7.55. The fourth-order valence-corrected chi connectivity index (χ4v) is 3.37. The number of rotatable bonds is 2. The van der Waals surface area contributed by atoms with Gasteiger partial charge in [-0.3, -0.25) is 0 Å². The van der Waals surface area contributed by atoms with Gasteiger partial charge in [0.2, 0.25) is 0 Å². The van der Waals surface area contributed by atoms with Gasteiger partial charge in [0.05, 0.1) is 0 Å². The monoisotopic (exact) mass is 237 g/mol. The van der Waals surface area contributed by atoms with Crippen molar-refractivity contribution in [1.29, 1.82) is 0 Å². The summed E-state index contributed by atoms with van der Waals surface area (Å²) in [6.45, 7) is 12.0. The highest BCUT2D eigenvalue weighted by Crippen LogP contribution is 2.45. The standard InChI is InChI=1S/C16H31N/c1-15(2,3)12-7-6-8-13(10-9-12)17-14-11-16(14,4)5/h12-14,17H,6-11H2,1-5H3. The Balaban J connectivity index is 1.80. The molecule has 17 heavy (non-hydrogen) atoms. The molecule has 1 heteroatoms. The Bertz CT molecular complexity index is 261. The molecule has 2 fully saturated rings. The van der Waals surface area contributed by atoms with Gasteiger partial charge in [-0.1, -0.05) is 41.0 Å². The zero-order chi connectivity index (χ0) is 12.7. The fourth-order valence-electron chi connectivity index (χ4n) is 3.37. The molecular weight excluding hydrogens is 206 g/mol. The molecule has 0 spiro atoms. The van der Waals surface area contributed by atoms with Crippen LogP contribution < -0.4 is 5.32 Å². The van der Waals surface area contributed by atoms with Crippen molar-refractivity contribution in [2.45, 2.75) is 85.2 Å². The minimum absolute atomic E-state index is 0.508. The molecule has 0 aliphatic heterocycles. The first kappa shape index (κ1) is 13.4. The van der Waals surface area contributed by atoms with Crippen molar-refractivity contribution in [3.05, 3.63) is 0 Å². The van der Waals surface area contributed by atoms with Crippen LogP contribution in [0.2, 0.25) is 0 Å². The van der Waals surface area contributed by atoms with Gasteiger partial charge in [0, 0.05) is 12.1 Å². The van der Waals surface area contributed by atoms with Crippen molar-refractivity contribution >= 4 is 0 Å². The van der Waals surface area contributed by atoms with E-state index < -0.39 is 0 Å². The van der Waals surface area contributed by atoms with Crippen LogP contribution >= 0.6 is 0 Å². The maximum absolute atomic E-state index is 3.90. The van der Waals surface area contributed by atoms with Crippen LogP contribution in [-0.4, -0.2) is 12.1 Å². The van der Waals surface area contributed by atoms with Gasteiger partial charge >= 0.3 is 0 Å². The van der Waals surface area contributed by atoms with E-state index >= 15 is 0 Å². The molecule has 0 heterocycles. The Hall–Kier alpha value is -0.0400. The Morgan fingerprint density at radius 2 is 1.65 bits per heavy atom. The average molecular weight is 237 g/mol. The van der Waals surface area contributed by atoms with Crippen LogP contribution in [0.15, 0.2) is 0 Å². The summed E-state index contributed by atoms with van der Waals surface area (Å²) in [6, 6.07) is 1.60. The summed E-state index contributed by atoms with van der Waals surface area (Å²) in [5.41, 5.74) is 1.09. The molecule has 0 saturated heterocycles. The molecule has 0 amide bonds. The third kappa shape index (κ3) is 3.47. The Labute approximate surface area is 108 Å². The molecule has 0 bridgehead atoms. The van der Waals surface area contributed by atoms with E-state index in [4.69, 9.17) is 0 Å². The van der Waals surface area contributed by atoms with Gasteiger partial charge in [0.15, 0.2) is 0 Å². The minimum Gasteiger partial charge on any atom is -0.311 e. The van der Waals surface area contributed by atoms with Crippen molar-refractivity contribution < 1.29 is 0 Å². The van der Waals surface area contributed by atoms with Gasteiger partial charge in [-0.05, 0) is 48.9 Å². The van der Waals surface area contributed by atoms with Crippen LogP contribution in [0, 0.1) is 16.7 Å². The topological polar surface area (TPSA) is 12.0 Å². The maximum atomic E-state index is 3.90. The number of nitrogens with one attached hydrogen (secondary N) is 1. The normalized spacial score (nSPS) is 37.6. The predicted molar refractivity (Wildman–Crippen MR) is 75.1 cm³/mol. The first-order valence-corrected chi connectivity index (χ1v) is 7.55. The third-order valence-electron chi connectivity index (χ3n) is 5.14. The van der Waals surface area contributed by atoms with E-state index in [1.54, 1.807) is 0 Å². The molecule has 0 aromatic carbocycles. The summed E-state index contributed by atoms with van der Waals surface area (Å²) in [5.74, 6) is 0.932. The van der Waals surface area contributed by atoms with Crippen LogP contribution in [0.25, 0.3) is 0 Å². The lowest BCUT2D eigenvalue weighted by atomic mass is 9.76. The second kappa shape index (κ2) is 4.57. The minimum atomic E-state index is 0.508. The predicted octanol–water partition coefficient (Wildman–Crippen LogP) is 4.37. The van der Waals surface area contributed by atoms with E-state index in [0.29, 0.717) is 10.8 Å². The summed E-state index contributed by atoms with van der Waals surface area (Å²) in [7, 11) is 0. The van der Waals surface area contributed by atoms with Gasteiger partial charge in [-0.15, -0.1) is 0 Å². The van der Waals surface area contributed by atoms with Crippen molar-refractivity contribution in [2.75, 3.05) is 0 Å². The third-order valence-corrected chi connectivity index (χ3v) is 5.14. The largest absolute Gasteiger partial charge is 0.311 e. The quantitative estimate of drug-likeness (QED) is 0.703. The van der Waals surface area contributed by atoms with Crippen molar-refractivity contribution in [1.82, 2.24) is 5.32 Å². The molecule has 2 rings (SSSR count). The van der Waals surface area contributed by atoms with E-state index in [0.717, 1.165) is 18.0 Å². The van der Waals surface area contributed by atoms with E-state index in [9.17, 15) is 0 Å². The molecule has 2 aliphatic carbocycles.